The smallest absolute Gasteiger partial charge is 0.234 e. The summed E-state index contributed by atoms with van der Waals surface area (Å²) >= 11 is 0. The lowest BCUT2D eigenvalue weighted by molar-refractivity contribution is -0.144. The number of phenols is 1. The Morgan fingerprint density at radius 3 is 2.42 bits per heavy atom. The fourth-order valence-corrected chi connectivity index (χ4v) is 8.51. The zero-order valence-electron chi connectivity index (χ0n) is 26.5. The average molecular weight is 605 g/mol. The monoisotopic (exact) mass is 604 g/mol. The van der Waals surface area contributed by atoms with Crippen molar-refractivity contribution in [1.82, 2.24) is 9.80 Å². The lowest BCUT2D eigenvalue weighted by atomic mass is 9.70. The lowest BCUT2D eigenvalue weighted by Crippen LogP contribution is -2.47. The molecule has 0 unspecified atom stereocenters. The fourth-order valence-electron chi connectivity index (χ4n) is 8.51. The Morgan fingerprint density at radius 2 is 1.67 bits per heavy atom. The van der Waals surface area contributed by atoms with E-state index in [-0.39, 0.29) is 41.7 Å². The molecule has 3 saturated heterocycles. The normalized spacial score (nSPS) is 26.2. The van der Waals surface area contributed by atoms with E-state index < -0.39 is 0 Å². The highest BCUT2D eigenvalue weighted by Crippen LogP contribution is 2.50. The summed E-state index contributed by atoms with van der Waals surface area (Å²) in [5.41, 5.74) is 6.28. The number of rotatable bonds is 8. The third-order valence-electron chi connectivity index (χ3n) is 10.8. The predicted octanol–water partition coefficient (Wildman–Crippen LogP) is 7.12. The minimum absolute atomic E-state index is 0.00210. The van der Waals surface area contributed by atoms with E-state index in [1.807, 2.05) is 30.3 Å². The number of imide groups is 1. The molecule has 6 heteroatoms. The number of ether oxygens (including phenoxy) is 1. The van der Waals surface area contributed by atoms with Gasteiger partial charge in [0.15, 0.2) is 0 Å². The van der Waals surface area contributed by atoms with Crippen LogP contribution in [-0.4, -0.2) is 58.6 Å². The standard InChI is InChI=1S/C39H44N2O4/c1-3-26(22-28-14-15-34(42)31-12-8-7-11-30(28)31)13-16-35-36-25(2)21-32-37(33(36)24-45-35)39(44)41(38(32)43)29-17-19-40(20-18-29)23-27-9-5-4-6-10-27/h4-12,14-15,22,29,32-33,35,37,42H,3,13,16-21,23-24H2,1-2H3/b26-22+/t32-,33+,35-,37-/m1/s1. The van der Waals surface area contributed by atoms with Crippen LogP contribution in [0.3, 0.4) is 0 Å². The zero-order valence-corrected chi connectivity index (χ0v) is 26.5. The third-order valence-corrected chi connectivity index (χ3v) is 10.8. The second kappa shape index (κ2) is 12.6. The molecular formula is C39H44N2O4. The van der Waals surface area contributed by atoms with Gasteiger partial charge >= 0.3 is 0 Å². The Hall–Kier alpha value is -3.74. The number of nitrogens with zero attached hydrogens (tertiary/aromatic N) is 2. The van der Waals surface area contributed by atoms with E-state index in [0.717, 1.165) is 68.1 Å². The molecular weight excluding hydrogens is 560 g/mol. The van der Waals surface area contributed by atoms with Gasteiger partial charge in [-0.25, -0.2) is 0 Å². The highest BCUT2D eigenvalue weighted by atomic mass is 16.5. The van der Waals surface area contributed by atoms with E-state index in [0.29, 0.717) is 18.8 Å². The van der Waals surface area contributed by atoms with E-state index in [2.05, 4.69) is 55.2 Å². The summed E-state index contributed by atoms with van der Waals surface area (Å²) in [6.07, 6.45) is 7.29. The number of piperidine rings is 1. The van der Waals surface area contributed by atoms with Crippen LogP contribution in [0.15, 0.2) is 83.4 Å². The summed E-state index contributed by atoms with van der Waals surface area (Å²) in [5.74, 6) is -0.137. The first kappa shape index (κ1) is 29.9. The summed E-state index contributed by atoms with van der Waals surface area (Å²) in [7, 11) is 0. The number of fused-ring (bicyclic) bond motifs is 4. The number of likely N-dealkylation sites (tertiary alicyclic amines) is 2. The number of benzene rings is 3. The van der Waals surface area contributed by atoms with Crippen LogP contribution < -0.4 is 0 Å². The molecule has 0 bridgehead atoms. The quantitative estimate of drug-likeness (QED) is 0.219. The molecule has 3 fully saturated rings. The van der Waals surface area contributed by atoms with Gasteiger partial charge in [0.1, 0.15) is 5.75 Å². The molecule has 3 aliphatic heterocycles. The number of carbonyl (C=O) groups excluding carboxylic acids is 2. The highest BCUT2D eigenvalue weighted by Gasteiger charge is 2.57. The molecule has 1 aliphatic carbocycles. The number of amides is 2. The van der Waals surface area contributed by atoms with Crippen LogP contribution in [0.2, 0.25) is 0 Å². The Morgan fingerprint density at radius 1 is 0.933 bits per heavy atom. The Labute approximate surface area is 266 Å². The minimum Gasteiger partial charge on any atom is -0.507 e. The van der Waals surface area contributed by atoms with Crippen molar-refractivity contribution in [3.63, 3.8) is 0 Å². The molecule has 2 amide bonds. The Balaban J connectivity index is 1.02. The van der Waals surface area contributed by atoms with Crippen molar-refractivity contribution in [1.29, 1.82) is 0 Å². The maximum absolute atomic E-state index is 14.0. The molecule has 0 spiro atoms. The fraction of sp³-hybridized carbons (Fsp3) is 0.436. The van der Waals surface area contributed by atoms with Gasteiger partial charge in [-0.05, 0) is 73.6 Å². The second-order valence-corrected chi connectivity index (χ2v) is 13.5. The van der Waals surface area contributed by atoms with Gasteiger partial charge in [0.05, 0.1) is 24.5 Å². The van der Waals surface area contributed by atoms with Gasteiger partial charge in [0, 0.05) is 37.0 Å². The van der Waals surface area contributed by atoms with Crippen LogP contribution in [0.25, 0.3) is 16.8 Å². The number of carbonyl (C=O) groups is 2. The maximum Gasteiger partial charge on any atom is 0.234 e. The van der Waals surface area contributed by atoms with Gasteiger partial charge in [0.25, 0.3) is 0 Å². The molecule has 45 heavy (non-hydrogen) atoms. The Kier molecular flexibility index (Phi) is 8.36. The molecule has 1 N–H and O–H groups in total. The topological polar surface area (TPSA) is 70.1 Å². The van der Waals surface area contributed by atoms with Gasteiger partial charge in [-0.3, -0.25) is 19.4 Å². The molecule has 6 nitrogen and oxygen atoms in total. The number of hydrogen-bond donors (Lipinski definition) is 1. The van der Waals surface area contributed by atoms with E-state index >= 15 is 0 Å². The van der Waals surface area contributed by atoms with Gasteiger partial charge in [-0.1, -0.05) is 84.8 Å². The zero-order chi connectivity index (χ0) is 31.1. The molecule has 3 aromatic carbocycles. The molecule has 0 saturated carbocycles. The first-order valence-corrected chi connectivity index (χ1v) is 16.8. The van der Waals surface area contributed by atoms with Gasteiger partial charge in [0.2, 0.25) is 11.8 Å². The molecule has 0 aromatic heterocycles. The van der Waals surface area contributed by atoms with Crippen LogP contribution in [-0.2, 0) is 20.9 Å². The van der Waals surface area contributed by atoms with Crippen molar-refractivity contribution in [2.45, 2.75) is 71.1 Å². The van der Waals surface area contributed by atoms with Crippen LogP contribution in [0.5, 0.6) is 5.75 Å². The summed E-state index contributed by atoms with van der Waals surface area (Å²) in [6.45, 7) is 7.57. The first-order chi connectivity index (χ1) is 21.9. The third kappa shape index (κ3) is 5.64. The Bertz CT molecular complexity index is 1650. The predicted molar refractivity (Wildman–Crippen MR) is 177 cm³/mol. The van der Waals surface area contributed by atoms with E-state index in [4.69, 9.17) is 4.74 Å². The summed E-state index contributed by atoms with van der Waals surface area (Å²) in [6, 6.07) is 22.2. The van der Waals surface area contributed by atoms with Crippen molar-refractivity contribution in [2.75, 3.05) is 19.7 Å². The summed E-state index contributed by atoms with van der Waals surface area (Å²) in [4.78, 5) is 31.9. The average Bonchev–Trinajstić information content (AvgIpc) is 3.59. The molecule has 7 rings (SSSR count). The lowest BCUT2D eigenvalue weighted by Gasteiger charge is -2.36. The van der Waals surface area contributed by atoms with E-state index in [1.165, 1.54) is 22.3 Å². The second-order valence-electron chi connectivity index (χ2n) is 13.5. The molecule has 3 aromatic rings. The van der Waals surface area contributed by atoms with Crippen LogP contribution in [0.1, 0.15) is 63.5 Å². The molecule has 0 radical (unpaired) electrons. The van der Waals surface area contributed by atoms with Crippen molar-refractivity contribution < 1.29 is 19.4 Å². The van der Waals surface area contributed by atoms with Crippen LogP contribution >= 0.6 is 0 Å². The van der Waals surface area contributed by atoms with Crippen molar-refractivity contribution in [3.05, 3.63) is 94.6 Å². The highest BCUT2D eigenvalue weighted by molar-refractivity contribution is 6.06. The SMILES string of the molecule is CC/C(=C\c1ccc(O)c2ccccc12)CC[C@H]1OC[C@H]2C1=C(C)C[C@H]1C(=O)N(C3CCN(Cc4ccccc4)CC3)C(=O)[C@H]12. The van der Waals surface area contributed by atoms with Crippen LogP contribution in [0.4, 0.5) is 0 Å². The van der Waals surface area contributed by atoms with E-state index in [9.17, 15) is 14.7 Å². The van der Waals surface area contributed by atoms with Gasteiger partial charge < -0.3 is 9.84 Å². The van der Waals surface area contributed by atoms with Crippen molar-refractivity contribution in [3.8, 4) is 5.75 Å². The number of allylic oxidation sites excluding steroid dienone is 2. The summed E-state index contributed by atoms with van der Waals surface area (Å²) < 4.78 is 6.44. The molecule has 4 aliphatic rings. The number of aromatic hydroxyl groups is 1. The first-order valence-electron chi connectivity index (χ1n) is 16.8. The van der Waals surface area contributed by atoms with Crippen molar-refractivity contribution >= 4 is 28.7 Å². The van der Waals surface area contributed by atoms with Crippen molar-refractivity contribution in [2.24, 2.45) is 17.8 Å². The summed E-state index contributed by atoms with van der Waals surface area (Å²) in [5, 5.41) is 12.2. The molecule has 4 atom stereocenters. The number of phenolic OH excluding ortho intramolecular Hbond substituents is 1. The van der Waals surface area contributed by atoms with Gasteiger partial charge in [-0.2, -0.15) is 0 Å². The van der Waals surface area contributed by atoms with E-state index in [1.54, 1.807) is 11.0 Å². The molecule has 3 heterocycles. The maximum atomic E-state index is 14.0. The number of hydrogen-bond acceptors (Lipinski definition) is 5. The minimum atomic E-state index is -0.284. The van der Waals surface area contributed by atoms with Crippen LogP contribution in [0, 0.1) is 17.8 Å². The molecule has 234 valence electrons. The largest absolute Gasteiger partial charge is 0.507 e. The van der Waals surface area contributed by atoms with Gasteiger partial charge in [-0.15, -0.1) is 0 Å².